The molecule has 10 heteroatoms. The molecular formula is C21H26N6O3S. The number of imide groups is 1. The van der Waals surface area contributed by atoms with Gasteiger partial charge >= 0.3 is 6.03 Å². The van der Waals surface area contributed by atoms with Gasteiger partial charge in [0.05, 0.1) is 16.7 Å². The van der Waals surface area contributed by atoms with Gasteiger partial charge in [-0.3, -0.25) is 23.9 Å². The highest BCUT2D eigenvalue weighted by Gasteiger charge is 2.19. The first-order chi connectivity index (χ1) is 15.1. The van der Waals surface area contributed by atoms with Gasteiger partial charge in [-0.1, -0.05) is 50.1 Å². The Bertz CT molecular complexity index is 1170. The molecule has 0 radical (unpaired) electrons. The number of aromatic nitrogens is 4. The molecule has 3 amide bonds. The van der Waals surface area contributed by atoms with E-state index in [2.05, 4.69) is 20.8 Å². The van der Waals surface area contributed by atoms with E-state index in [1.165, 1.54) is 18.2 Å². The fraction of sp³-hybridized carbons (Fsp3) is 0.476. The van der Waals surface area contributed by atoms with Gasteiger partial charge < -0.3 is 5.32 Å². The topological polar surface area (TPSA) is 110 Å². The Labute approximate surface area is 183 Å². The number of hydrogen-bond acceptors (Lipinski definition) is 6. The van der Waals surface area contributed by atoms with Crippen LogP contribution in [0.15, 0.2) is 34.2 Å². The van der Waals surface area contributed by atoms with E-state index in [1.54, 1.807) is 15.0 Å². The Morgan fingerprint density at radius 3 is 2.71 bits per heavy atom. The van der Waals surface area contributed by atoms with Crippen molar-refractivity contribution in [3.63, 3.8) is 0 Å². The van der Waals surface area contributed by atoms with Gasteiger partial charge in [-0.2, -0.15) is 0 Å². The number of urea groups is 1. The molecule has 164 valence electrons. The molecule has 2 heterocycles. The van der Waals surface area contributed by atoms with Crippen LogP contribution in [-0.2, 0) is 11.3 Å². The van der Waals surface area contributed by atoms with Gasteiger partial charge in [-0.05, 0) is 31.4 Å². The third kappa shape index (κ3) is 4.58. The normalized spacial score (nSPS) is 14.7. The summed E-state index contributed by atoms with van der Waals surface area (Å²) >= 11 is 1.18. The number of benzene rings is 1. The summed E-state index contributed by atoms with van der Waals surface area (Å²) < 4.78 is 3.41. The highest BCUT2D eigenvalue weighted by Crippen LogP contribution is 2.21. The second kappa shape index (κ2) is 9.51. The highest BCUT2D eigenvalue weighted by molar-refractivity contribution is 7.99. The molecule has 1 saturated carbocycles. The predicted octanol–water partition coefficient (Wildman–Crippen LogP) is 2.70. The van der Waals surface area contributed by atoms with Crippen molar-refractivity contribution in [3.8, 4) is 0 Å². The van der Waals surface area contributed by atoms with Crippen LogP contribution in [0.25, 0.3) is 16.7 Å². The molecule has 2 N–H and O–H groups in total. The van der Waals surface area contributed by atoms with Crippen LogP contribution < -0.4 is 16.2 Å². The zero-order valence-electron chi connectivity index (χ0n) is 17.5. The molecule has 0 unspecified atom stereocenters. The fourth-order valence-electron chi connectivity index (χ4n) is 4.01. The lowest BCUT2D eigenvalue weighted by atomic mass is 9.96. The maximum Gasteiger partial charge on any atom is 0.321 e. The number of hydrogen-bond donors (Lipinski definition) is 2. The average Bonchev–Trinajstić information content (AvgIpc) is 3.20. The summed E-state index contributed by atoms with van der Waals surface area (Å²) in [5.74, 6) is 0.0601. The number of fused-ring (bicyclic) bond motifs is 3. The number of nitrogens with one attached hydrogen (secondary N) is 2. The van der Waals surface area contributed by atoms with Gasteiger partial charge in [0, 0.05) is 12.6 Å². The van der Waals surface area contributed by atoms with E-state index in [9.17, 15) is 14.4 Å². The van der Waals surface area contributed by atoms with Crippen molar-refractivity contribution >= 4 is 40.4 Å². The lowest BCUT2D eigenvalue weighted by Gasteiger charge is -2.22. The van der Waals surface area contributed by atoms with Crippen molar-refractivity contribution in [2.45, 2.75) is 63.2 Å². The number of carbonyl (C=O) groups is 2. The van der Waals surface area contributed by atoms with Gasteiger partial charge in [0.1, 0.15) is 0 Å². The fourth-order valence-corrected chi connectivity index (χ4v) is 4.75. The molecule has 0 saturated heterocycles. The summed E-state index contributed by atoms with van der Waals surface area (Å²) in [7, 11) is 0. The SMILES string of the molecule is CCCn1c(=O)c2ccccc2n2c(SCC(=O)NC(=O)NC3CCCCC3)nnc12. The van der Waals surface area contributed by atoms with E-state index in [0.29, 0.717) is 28.4 Å². The number of rotatable bonds is 6. The van der Waals surface area contributed by atoms with Crippen LogP contribution in [-0.4, -0.2) is 42.9 Å². The zero-order chi connectivity index (χ0) is 21.8. The van der Waals surface area contributed by atoms with Gasteiger partial charge in [-0.25, -0.2) is 4.79 Å². The van der Waals surface area contributed by atoms with Gasteiger partial charge in [0.25, 0.3) is 5.56 Å². The number of thioether (sulfide) groups is 1. The summed E-state index contributed by atoms with van der Waals surface area (Å²) in [4.78, 5) is 37.3. The maximum absolute atomic E-state index is 12.9. The Morgan fingerprint density at radius 2 is 1.94 bits per heavy atom. The van der Waals surface area contributed by atoms with Crippen LogP contribution >= 0.6 is 11.8 Å². The molecule has 1 aliphatic rings. The molecule has 2 aromatic heterocycles. The number of amides is 3. The summed E-state index contributed by atoms with van der Waals surface area (Å²) in [6, 6.07) is 6.97. The first kappa shape index (κ1) is 21.4. The Kier molecular flexibility index (Phi) is 6.55. The highest BCUT2D eigenvalue weighted by atomic mass is 32.2. The van der Waals surface area contributed by atoms with Crippen LogP contribution in [0, 0.1) is 0 Å². The quantitative estimate of drug-likeness (QED) is 0.568. The molecule has 0 aliphatic heterocycles. The van der Waals surface area contributed by atoms with Crippen LogP contribution in [0.4, 0.5) is 4.79 Å². The van der Waals surface area contributed by atoms with Crippen LogP contribution in [0.2, 0.25) is 0 Å². The molecule has 1 fully saturated rings. The van der Waals surface area contributed by atoms with E-state index in [0.717, 1.165) is 32.1 Å². The molecule has 9 nitrogen and oxygen atoms in total. The Hall–Kier alpha value is -2.88. The van der Waals surface area contributed by atoms with Crippen molar-refractivity contribution in [1.29, 1.82) is 0 Å². The molecule has 4 rings (SSSR count). The van der Waals surface area contributed by atoms with Crippen molar-refractivity contribution in [2.75, 3.05) is 5.75 Å². The van der Waals surface area contributed by atoms with Crippen LogP contribution in [0.1, 0.15) is 45.4 Å². The van der Waals surface area contributed by atoms with E-state index in [1.807, 2.05) is 25.1 Å². The standard InChI is InChI=1S/C21H26N6O3S/c1-2-12-26-18(29)15-10-6-7-11-16(15)27-20(26)24-25-21(27)31-13-17(28)23-19(30)22-14-8-4-3-5-9-14/h6-7,10-11,14H,2-5,8-9,12-13H2,1H3,(H2,22,23,28,30). The second-order valence-corrected chi connectivity index (χ2v) is 8.68. The third-order valence-corrected chi connectivity index (χ3v) is 6.38. The molecule has 3 aromatic rings. The van der Waals surface area contributed by atoms with E-state index >= 15 is 0 Å². The Balaban J connectivity index is 1.50. The Morgan fingerprint density at radius 1 is 1.16 bits per heavy atom. The smallest absolute Gasteiger partial charge is 0.321 e. The van der Waals surface area contributed by atoms with Crippen molar-refractivity contribution in [2.24, 2.45) is 0 Å². The number of para-hydroxylation sites is 1. The number of carbonyl (C=O) groups excluding carboxylic acids is 2. The minimum Gasteiger partial charge on any atom is -0.335 e. The van der Waals surface area contributed by atoms with Crippen LogP contribution in [0.3, 0.4) is 0 Å². The molecule has 0 spiro atoms. The van der Waals surface area contributed by atoms with Crippen molar-refractivity contribution < 1.29 is 9.59 Å². The van der Waals surface area contributed by atoms with E-state index < -0.39 is 11.9 Å². The molecule has 0 bridgehead atoms. The monoisotopic (exact) mass is 442 g/mol. The summed E-state index contributed by atoms with van der Waals surface area (Å²) in [5.41, 5.74) is 0.587. The minimum absolute atomic E-state index is 0.0140. The zero-order valence-corrected chi connectivity index (χ0v) is 18.3. The van der Waals surface area contributed by atoms with Gasteiger partial charge in [0.15, 0.2) is 5.16 Å². The van der Waals surface area contributed by atoms with Crippen molar-refractivity contribution in [1.82, 2.24) is 29.8 Å². The maximum atomic E-state index is 12.9. The minimum atomic E-state index is -0.453. The molecule has 1 aromatic carbocycles. The summed E-state index contributed by atoms with van der Waals surface area (Å²) in [6.45, 7) is 2.52. The summed E-state index contributed by atoms with van der Waals surface area (Å²) in [5, 5.41) is 14.8. The third-order valence-electron chi connectivity index (χ3n) is 5.45. The number of nitrogens with zero attached hydrogens (tertiary/aromatic N) is 4. The predicted molar refractivity (Wildman–Crippen MR) is 119 cm³/mol. The molecule has 0 atom stereocenters. The molecule has 1 aliphatic carbocycles. The summed E-state index contributed by atoms with van der Waals surface area (Å²) in [6.07, 6.45) is 6.09. The first-order valence-corrected chi connectivity index (χ1v) is 11.7. The molecular weight excluding hydrogens is 416 g/mol. The van der Waals surface area contributed by atoms with Gasteiger partial charge in [-0.15, -0.1) is 10.2 Å². The van der Waals surface area contributed by atoms with Crippen LogP contribution in [0.5, 0.6) is 0 Å². The van der Waals surface area contributed by atoms with Gasteiger partial charge in [0.2, 0.25) is 11.7 Å². The molecule has 31 heavy (non-hydrogen) atoms. The largest absolute Gasteiger partial charge is 0.335 e. The number of aryl methyl sites for hydroxylation is 1. The first-order valence-electron chi connectivity index (χ1n) is 10.7. The average molecular weight is 443 g/mol. The van der Waals surface area contributed by atoms with E-state index in [4.69, 9.17) is 0 Å². The lowest BCUT2D eigenvalue weighted by Crippen LogP contribution is -2.45. The van der Waals surface area contributed by atoms with E-state index in [-0.39, 0.29) is 17.4 Å². The lowest BCUT2D eigenvalue weighted by molar-refractivity contribution is -0.117. The second-order valence-electron chi connectivity index (χ2n) is 7.74. The van der Waals surface area contributed by atoms with Crippen molar-refractivity contribution in [3.05, 3.63) is 34.6 Å².